The Morgan fingerprint density at radius 1 is 1.10 bits per heavy atom. The maximum absolute atomic E-state index is 12.7. The highest BCUT2D eigenvalue weighted by Gasteiger charge is 2.61. The van der Waals surface area contributed by atoms with E-state index in [0.29, 0.717) is 36.1 Å². The van der Waals surface area contributed by atoms with Gasteiger partial charge in [0.1, 0.15) is 19.5 Å². The Bertz CT molecular complexity index is 705. The Hall–Kier alpha value is -1.43. The molecule has 4 aliphatic carbocycles. The van der Waals surface area contributed by atoms with E-state index in [-0.39, 0.29) is 10.8 Å². The van der Waals surface area contributed by atoms with Crippen LogP contribution in [0.15, 0.2) is 10.3 Å². The molecular weight excluding hydrogens is 366 g/mol. The summed E-state index contributed by atoms with van der Waals surface area (Å²) >= 11 is 0. The Morgan fingerprint density at radius 2 is 1.93 bits per heavy atom. The lowest BCUT2D eigenvalue weighted by molar-refractivity contribution is -0.133. The summed E-state index contributed by atoms with van der Waals surface area (Å²) in [5.74, 6) is 2.59. The van der Waals surface area contributed by atoms with Crippen molar-refractivity contribution in [2.45, 2.75) is 65.2 Å². The number of hydrogen-bond donors (Lipinski definition) is 1. The van der Waals surface area contributed by atoms with Gasteiger partial charge in [-0.05, 0) is 75.2 Å². The van der Waals surface area contributed by atoms with Crippen LogP contribution >= 0.6 is 0 Å². The predicted octanol–water partition coefficient (Wildman–Crippen LogP) is 3.80. The van der Waals surface area contributed by atoms with E-state index >= 15 is 0 Å². The van der Waals surface area contributed by atoms with Crippen molar-refractivity contribution < 1.29 is 14.5 Å². The number of rotatable bonds is 5. The van der Waals surface area contributed by atoms with E-state index in [1.165, 1.54) is 12.1 Å². The number of likely N-dealkylation sites (N-methyl/N-ethyl adjacent to an activating group) is 1. The van der Waals surface area contributed by atoms with Crippen LogP contribution < -0.4 is 5.32 Å². The van der Waals surface area contributed by atoms with E-state index in [1.54, 1.807) is 7.11 Å². The zero-order valence-corrected chi connectivity index (χ0v) is 18.5. The molecule has 6 nitrogen and oxygen atoms in total. The van der Waals surface area contributed by atoms with Crippen LogP contribution in [0, 0.1) is 34.5 Å². The van der Waals surface area contributed by atoms with Gasteiger partial charge >= 0.3 is 0 Å². The molecule has 4 aliphatic rings. The normalized spacial score (nSPS) is 44.3. The zero-order chi connectivity index (χ0) is 20.6. The molecule has 4 fully saturated rings. The fourth-order valence-corrected chi connectivity index (χ4v) is 7.23. The maximum atomic E-state index is 12.7. The van der Waals surface area contributed by atoms with Gasteiger partial charge in [0.2, 0.25) is 0 Å². The molecule has 0 aliphatic heterocycles. The molecule has 0 bridgehead atoms. The zero-order valence-electron chi connectivity index (χ0n) is 18.5. The molecule has 162 valence electrons. The molecule has 6 atom stereocenters. The van der Waals surface area contributed by atoms with Crippen molar-refractivity contribution in [3.05, 3.63) is 0 Å². The summed E-state index contributed by atoms with van der Waals surface area (Å²) in [6, 6.07) is 0. The topological polar surface area (TPSA) is 72.3 Å². The van der Waals surface area contributed by atoms with E-state index < -0.39 is 0 Å². The van der Waals surface area contributed by atoms with Crippen LogP contribution in [-0.2, 0) is 14.5 Å². The first-order valence-corrected chi connectivity index (χ1v) is 11.4. The van der Waals surface area contributed by atoms with Crippen molar-refractivity contribution in [2.24, 2.45) is 44.8 Å². The Balaban J connectivity index is 1.59. The van der Waals surface area contributed by atoms with Crippen LogP contribution in [0.3, 0.4) is 0 Å². The van der Waals surface area contributed by atoms with Crippen LogP contribution in [0.1, 0.15) is 65.2 Å². The summed E-state index contributed by atoms with van der Waals surface area (Å²) in [7, 11) is 3.57. The summed E-state index contributed by atoms with van der Waals surface area (Å²) in [6.45, 7) is 6.10. The maximum Gasteiger partial charge on any atom is 0.139 e. The van der Waals surface area contributed by atoms with Gasteiger partial charge in [-0.2, -0.15) is 0 Å². The van der Waals surface area contributed by atoms with Gasteiger partial charge in [0.05, 0.1) is 11.4 Å². The fraction of sp³-hybridized carbons (Fsp3) is 0.870. The minimum absolute atomic E-state index is 0.106. The quantitative estimate of drug-likeness (QED) is 0.560. The van der Waals surface area contributed by atoms with Crippen molar-refractivity contribution in [1.82, 2.24) is 5.32 Å². The highest BCUT2D eigenvalue weighted by Crippen LogP contribution is 2.64. The molecule has 29 heavy (non-hydrogen) atoms. The molecule has 4 saturated carbocycles. The molecule has 0 aromatic carbocycles. The number of carbonyl (C=O) groups excluding carboxylic acids is 1. The fourth-order valence-electron chi connectivity index (χ4n) is 7.23. The van der Waals surface area contributed by atoms with Crippen molar-refractivity contribution in [3.63, 3.8) is 0 Å². The van der Waals surface area contributed by atoms with Crippen molar-refractivity contribution >= 4 is 17.2 Å². The Morgan fingerprint density at radius 3 is 2.69 bits per heavy atom. The van der Waals surface area contributed by atoms with Crippen LogP contribution in [0.25, 0.3) is 0 Å². The lowest BCUT2D eigenvalue weighted by Crippen LogP contribution is -2.56. The van der Waals surface area contributed by atoms with Crippen LogP contribution in [0.5, 0.6) is 0 Å². The molecule has 4 rings (SSSR count). The predicted molar refractivity (Wildman–Crippen MR) is 114 cm³/mol. The molecule has 0 spiro atoms. The first kappa shape index (κ1) is 20.8. The van der Waals surface area contributed by atoms with Crippen molar-refractivity contribution in [1.29, 1.82) is 0 Å². The first-order valence-electron chi connectivity index (χ1n) is 11.4. The monoisotopic (exact) mass is 403 g/mol. The van der Waals surface area contributed by atoms with Gasteiger partial charge in [-0.1, -0.05) is 24.2 Å². The molecule has 0 heterocycles. The minimum atomic E-state index is -0.106. The number of Topliss-reactive ketones (excluding diaryl/α,β-unsaturated/α-hetero) is 1. The summed E-state index contributed by atoms with van der Waals surface area (Å²) in [6.07, 6.45) is 8.06. The molecule has 0 amide bonds. The van der Waals surface area contributed by atoms with Crippen molar-refractivity contribution in [2.75, 3.05) is 27.3 Å². The number of nitrogens with zero attached hydrogens (tertiary/aromatic N) is 2. The SMILES string of the molecule is CNCCON=C1CC[C@@]2(C)C(C1)C(=NOC)C[C@@H]1[C@@H]2CC[C@]2(C)C(=O)CC[C@@H]12. The van der Waals surface area contributed by atoms with Crippen LogP contribution in [-0.4, -0.2) is 44.5 Å². The number of oxime groups is 2. The summed E-state index contributed by atoms with van der Waals surface area (Å²) in [5, 5.41) is 12.1. The van der Waals surface area contributed by atoms with Crippen molar-refractivity contribution in [3.8, 4) is 0 Å². The third kappa shape index (κ3) is 3.41. The molecule has 0 saturated heterocycles. The third-order valence-corrected chi connectivity index (χ3v) is 8.87. The molecule has 0 aromatic rings. The Labute approximate surface area is 174 Å². The number of hydrogen-bond acceptors (Lipinski definition) is 6. The van der Waals surface area contributed by atoms with Crippen LogP contribution in [0.4, 0.5) is 0 Å². The summed E-state index contributed by atoms with van der Waals surface area (Å²) in [4.78, 5) is 23.5. The van der Waals surface area contributed by atoms with Gasteiger partial charge in [0.25, 0.3) is 0 Å². The third-order valence-electron chi connectivity index (χ3n) is 8.87. The molecule has 1 N–H and O–H groups in total. The second-order valence-electron chi connectivity index (χ2n) is 10.1. The average molecular weight is 404 g/mol. The van der Waals surface area contributed by atoms with Gasteiger partial charge in [-0.15, -0.1) is 0 Å². The first-order chi connectivity index (χ1) is 13.9. The summed E-state index contributed by atoms with van der Waals surface area (Å²) in [5.41, 5.74) is 2.44. The highest BCUT2D eigenvalue weighted by molar-refractivity contribution is 5.96. The van der Waals surface area contributed by atoms with E-state index in [1.807, 2.05) is 7.05 Å². The van der Waals surface area contributed by atoms with E-state index in [9.17, 15) is 4.79 Å². The average Bonchev–Trinajstić information content (AvgIpc) is 3.01. The van der Waals surface area contributed by atoms with Gasteiger partial charge in [0.15, 0.2) is 0 Å². The number of fused-ring (bicyclic) bond motifs is 5. The van der Waals surface area contributed by atoms with Crippen LogP contribution in [0.2, 0.25) is 0 Å². The second kappa shape index (κ2) is 8.01. The minimum Gasteiger partial charge on any atom is -0.399 e. The smallest absolute Gasteiger partial charge is 0.139 e. The number of ketones is 1. The van der Waals surface area contributed by atoms with E-state index in [0.717, 1.165) is 57.2 Å². The lowest BCUT2D eigenvalue weighted by Gasteiger charge is -2.59. The largest absolute Gasteiger partial charge is 0.399 e. The molecule has 1 unspecified atom stereocenters. The van der Waals surface area contributed by atoms with Gasteiger partial charge in [-0.3, -0.25) is 4.79 Å². The number of carbonyl (C=O) groups is 1. The molecule has 6 heteroatoms. The molecule has 0 aromatic heterocycles. The van der Waals surface area contributed by atoms with Gasteiger partial charge in [0, 0.05) is 24.3 Å². The number of nitrogens with one attached hydrogen (secondary N) is 1. The Kier molecular flexibility index (Phi) is 5.75. The highest BCUT2D eigenvalue weighted by atomic mass is 16.6. The molecule has 0 radical (unpaired) electrons. The van der Waals surface area contributed by atoms with Gasteiger partial charge in [-0.25, -0.2) is 0 Å². The van der Waals surface area contributed by atoms with Gasteiger partial charge < -0.3 is 15.0 Å². The second-order valence-corrected chi connectivity index (χ2v) is 10.1. The summed E-state index contributed by atoms with van der Waals surface area (Å²) < 4.78 is 0. The lowest BCUT2D eigenvalue weighted by atomic mass is 9.45. The van der Waals surface area contributed by atoms with E-state index in [2.05, 4.69) is 29.5 Å². The standard InChI is InChI=1S/C23H37N3O3/c1-22-9-7-15(25-29-12-11-24-3)13-19(22)20(26-28-4)14-16-17-5-6-21(27)23(17,2)10-8-18(16)22/h16-19,24H,5-14H2,1-4H3/t16-,17-,18-,19?,22+,23-/m0/s1. The van der Waals surface area contributed by atoms with E-state index in [4.69, 9.17) is 9.68 Å². The molecular formula is C23H37N3O3.